The first-order valence-corrected chi connectivity index (χ1v) is 33.1. The van der Waals surface area contributed by atoms with Gasteiger partial charge in [0.25, 0.3) is 0 Å². The summed E-state index contributed by atoms with van der Waals surface area (Å²) in [6.45, 7) is 4.92. The smallest absolute Gasteiger partial charge is 0.305 e. The molecule has 2 atom stereocenters. The van der Waals surface area contributed by atoms with Crippen molar-refractivity contribution in [3.8, 4) is 0 Å². The summed E-state index contributed by atoms with van der Waals surface area (Å²) < 4.78 is 5.49. The maximum atomic E-state index is 12.5. The molecule has 0 saturated carbocycles. The van der Waals surface area contributed by atoms with E-state index < -0.39 is 12.1 Å². The summed E-state index contributed by atoms with van der Waals surface area (Å²) in [5, 5.41) is 23.2. The molecular weight excluding hydrogens is 899 g/mol. The summed E-state index contributed by atoms with van der Waals surface area (Å²) in [6, 6.07) is -0.630. The highest BCUT2D eigenvalue weighted by molar-refractivity contribution is 5.76. The second-order valence-corrected chi connectivity index (χ2v) is 22.8. The number of unbranched alkanes of at least 4 members (excludes halogenated alkanes) is 49. The molecule has 2 unspecified atom stereocenters. The van der Waals surface area contributed by atoms with Gasteiger partial charge in [0.15, 0.2) is 0 Å². The van der Waals surface area contributed by atoms with Gasteiger partial charge in [-0.2, -0.15) is 0 Å². The van der Waals surface area contributed by atoms with E-state index in [2.05, 4.69) is 31.3 Å². The minimum atomic E-state index is -0.847. The van der Waals surface area contributed by atoms with Gasteiger partial charge < -0.3 is 20.3 Å². The van der Waals surface area contributed by atoms with Gasteiger partial charge in [-0.25, -0.2) is 0 Å². The van der Waals surface area contributed by atoms with Crippen LogP contribution in [0.25, 0.3) is 0 Å². The lowest BCUT2D eigenvalue weighted by Crippen LogP contribution is -2.45. The fourth-order valence-corrected chi connectivity index (χ4v) is 10.4. The van der Waals surface area contributed by atoms with Crippen LogP contribution in [0.2, 0.25) is 0 Å². The number of hydrogen-bond donors (Lipinski definition) is 3. The van der Waals surface area contributed by atoms with Crippen LogP contribution in [0.1, 0.15) is 367 Å². The molecule has 3 N–H and O–H groups in total. The highest BCUT2D eigenvalue weighted by Gasteiger charge is 2.18. The van der Waals surface area contributed by atoms with Crippen molar-refractivity contribution in [2.45, 2.75) is 379 Å². The predicted octanol–water partition coefficient (Wildman–Crippen LogP) is 21.0. The Labute approximate surface area is 456 Å². The molecule has 0 bridgehead atoms. The lowest BCUT2D eigenvalue weighted by Gasteiger charge is -2.20. The van der Waals surface area contributed by atoms with Crippen molar-refractivity contribution in [3.63, 3.8) is 0 Å². The molecule has 6 nitrogen and oxygen atoms in total. The molecule has 0 radical (unpaired) electrons. The third kappa shape index (κ3) is 59.4. The average molecular weight is 1030 g/mol. The quantitative estimate of drug-likeness (QED) is 0.0320. The number of ether oxygens (including phenoxy) is 1. The SMILES string of the molecule is CCCCCCCCC/C=C\CCCCCCCC(=O)OCCCCCCCCCCCCCCCCCCCCCCC(=O)NC(CO)C(O)/C=C/CCCCCCCCCCCCCCCCCCCC. The molecular formula is C67H129NO5. The Morgan fingerprint density at radius 2 is 0.644 bits per heavy atom. The van der Waals surface area contributed by atoms with Crippen LogP contribution >= 0.6 is 0 Å². The van der Waals surface area contributed by atoms with Gasteiger partial charge in [-0.05, 0) is 57.8 Å². The van der Waals surface area contributed by atoms with Gasteiger partial charge in [0.05, 0.1) is 25.4 Å². The van der Waals surface area contributed by atoms with Crippen molar-refractivity contribution in [1.82, 2.24) is 5.32 Å². The van der Waals surface area contributed by atoms with Crippen molar-refractivity contribution in [2.75, 3.05) is 13.2 Å². The molecule has 73 heavy (non-hydrogen) atoms. The number of carbonyl (C=O) groups excluding carboxylic acids is 2. The third-order valence-corrected chi connectivity index (χ3v) is 15.5. The van der Waals surface area contributed by atoms with Gasteiger partial charge in [0, 0.05) is 12.8 Å². The zero-order valence-electron chi connectivity index (χ0n) is 49.4. The van der Waals surface area contributed by atoms with Crippen LogP contribution in [-0.2, 0) is 14.3 Å². The van der Waals surface area contributed by atoms with Gasteiger partial charge in [-0.3, -0.25) is 9.59 Å². The van der Waals surface area contributed by atoms with E-state index in [4.69, 9.17) is 4.74 Å². The number of nitrogens with one attached hydrogen (secondary N) is 1. The van der Waals surface area contributed by atoms with Crippen LogP contribution in [0.4, 0.5) is 0 Å². The number of hydrogen-bond acceptors (Lipinski definition) is 5. The molecule has 0 rings (SSSR count). The Bertz CT molecular complexity index is 1140. The second-order valence-electron chi connectivity index (χ2n) is 22.8. The summed E-state index contributed by atoms with van der Waals surface area (Å²) in [7, 11) is 0. The van der Waals surface area contributed by atoms with Crippen LogP contribution in [-0.4, -0.2) is 47.4 Å². The Hall–Kier alpha value is -1.66. The largest absolute Gasteiger partial charge is 0.466 e. The number of aliphatic hydroxyl groups excluding tert-OH is 2. The van der Waals surface area contributed by atoms with Gasteiger partial charge in [0.2, 0.25) is 5.91 Å². The predicted molar refractivity (Wildman–Crippen MR) is 320 cm³/mol. The summed E-state index contributed by atoms with van der Waals surface area (Å²) >= 11 is 0. The minimum Gasteiger partial charge on any atom is -0.466 e. The molecule has 1 amide bonds. The lowest BCUT2D eigenvalue weighted by molar-refractivity contribution is -0.143. The highest BCUT2D eigenvalue weighted by Crippen LogP contribution is 2.18. The van der Waals surface area contributed by atoms with E-state index in [-0.39, 0.29) is 18.5 Å². The van der Waals surface area contributed by atoms with Crippen LogP contribution in [0.3, 0.4) is 0 Å². The Balaban J connectivity index is 3.42. The van der Waals surface area contributed by atoms with Crippen molar-refractivity contribution in [1.29, 1.82) is 0 Å². The van der Waals surface area contributed by atoms with Crippen LogP contribution in [0.5, 0.6) is 0 Å². The highest BCUT2D eigenvalue weighted by atomic mass is 16.5. The van der Waals surface area contributed by atoms with Crippen molar-refractivity contribution in [2.24, 2.45) is 0 Å². The number of rotatable bonds is 62. The fourth-order valence-electron chi connectivity index (χ4n) is 10.4. The molecule has 0 aromatic carbocycles. The maximum Gasteiger partial charge on any atom is 0.305 e. The van der Waals surface area contributed by atoms with Crippen molar-refractivity contribution >= 4 is 11.9 Å². The molecule has 0 fully saturated rings. The number of amides is 1. The lowest BCUT2D eigenvalue weighted by atomic mass is 10.0. The number of allylic oxidation sites excluding steroid dienone is 3. The van der Waals surface area contributed by atoms with E-state index in [0.717, 1.165) is 44.9 Å². The molecule has 0 heterocycles. The van der Waals surface area contributed by atoms with E-state index >= 15 is 0 Å². The summed E-state index contributed by atoms with van der Waals surface area (Å²) in [6.07, 6.45) is 78.0. The topological polar surface area (TPSA) is 95.9 Å². The van der Waals surface area contributed by atoms with Gasteiger partial charge in [0.1, 0.15) is 0 Å². The van der Waals surface area contributed by atoms with Crippen LogP contribution in [0, 0.1) is 0 Å². The third-order valence-electron chi connectivity index (χ3n) is 15.5. The molecule has 0 aromatic rings. The monoisotopic (exact) mass is 1030 g/mol. The molecule has 0 spiro atoms. The van der Waals surface area contributed by atoms with Gasteiger partial charge in [-0.1, -0.05) is 321 Å². The summed E-state index contributed by atoms with van der Waals surface area (Å²) in [5.41, 5.74) is 0. The molecule has 432 valence electrons. The first-order chi connectivity index (χ1) is 36.0. The molecule has 0 saturated heterocycles. The van der Waals surface area contributed by atoms with Crippen molar-refractivity contribution < 1.29 is 24.5 Å². The van der Waals surface area contributed by atoms with Gasteiger partial charge >= 0.3 is 5.97 Å². The van der Waals surface area contributed by atoms with E-state index in [1.165, 1.54) is 295 Å². The first-order valence-electron chi connectivity index (χ1n) is 33.1. The normalized spacial score (nSPS) is 12.7. The standard InChI is InChI=1S/C67H129NO5/c1-3-5-7-9-11-13-15-17-19-21-22-25-28-31-35-39-43-47-51-55-59-65(70)64(63-69)68-66(71)60-56-52-48-44-40-36-32-29-26-23-24-27-30-34-38-42-46-50-54-58-62-73-67(72)61-57-53-49-45-41-37-33-20-18-16-14-12-10-8-6-4-2/h20,33,55,59,64-65,69-70H,3-19,21-32,34-54,56-58,60-63H2,1-2H3,(H,68,71)/b33-20-,59-55+. The first kappa shape index (κ1) is 71.3. The zero-order valence-corrected chi connectivity index (χ0v) is 49.4. The molecule has 0 aliphatic rings. The zero-order chi connectivity index (χ0) is 52.9. The molecule has 6 heteroatoms. The Kier molecular flexibility index (Phi) is 61.4. The van der Waals surface area contributed by atoms with E-state index in [0.29, 0.717) is 19.4 Å². The number of carbonyl (C=O) groups is 2. The van der Waals surface area contributed by atoms with E-state index in [1.807, 2.05) is 6.08 Å². The Morgan fingerprint density at radius 3 is 0.973 bits per heavy atom. The molecule has 0 aliphatic heterocycles. The number of aliphatic hydroxyl groups is 2. The average Bonchev–Trinajstić information content (AvgIpc) is 3.39. The van der Waals surface area contributed by atoms with E-state index in [1.54, 1.807) is 6.08 Å². The Morgan fingerprint density at radius 1 is 0.370 bits per heavy atom. The maximum absolute atomic E-state index is 12.5. The summed E-state index contributed by atoms with van der Waals surface area (Å²) in [5.74, 6) is -0.0633. The van der Waals surface area contributed by atoms with Crippen LogP contribution in [0.15, 0.2) is 24.3 Å². The van der Waals surface area contributed by atoms with Crippen LogP contribution < -0.4 is 5.32 Å². The summed E-state index contributed by atoms with van der Waals surface area (Å²) in [4.78, 5) is 24.6. The van der Waals surface area contributed by atoms with E-state index in [9.17, 15) is 19.8 Å². The fraction of sp³-hybridized carbons (Fsp3) is 0.910. The minimum absolute atomic E-state index is 0.00327. The molecule has 0 aliphatic carbocycles. The van der Waals surface area contributed by atoms with Crippen molar-refractivity contribution in [3.05, 3.63) is 24.3 Å². The van der Waals surface area contributed by atoms with Gasteiger partial charge in [-0.15, -0.1) is 0 Å². The molecule has 0 aromatic heterocycles. The number of esters is 1. The second kappa shape index (κ2) is 62.9.